The van der Waals surface area contributed by atoms with E-state index in [-0.39, 0.29) is 0 Å². The van der Waals surface area contributed by atoms with Gasteiger partial charge >= 0.3 is 5.97 Å². The molecule has 0 heterocycles. The molecule has 0 aromatic carbocycles. The zero-order valence-corrected chi connectivity index (χ0v) is 16.6. The van der Waals surface area contributed by atoms with Crippen LogP contribution in [0.2, 0.25) is 0 Å². The maximum absolute atomic E-state index is 11.5. The smallest absolute Gasteiger partial charge is 0.335 e. The number of ether oxygens (including phenoxy) is 1. The molecule has 1 atom stereocenters. The molecular weight excluding hydrogens is 332 g/mol. The third kappa shape index (κ3) is 15.4. The van der Waals surface area contributed by atoms with Crippen molar-refractivity contribution in [3.05, 3.63) is 12.2 Å². The van der Waals surface area contributed by atoms with Crippen molar-refractivity contribution in [3.8, 4) is 0 Å². The predicted molar refractivity (Wildman–Crippen MR) is 105 cm³/mol. The van der Waals surface area contributed by atoms with Gasteiger partial charge in [-0.05, 0) is 32.1 Å². The average molecular weight is 373 g/mol. The molecule has 0 rings (SSSR count). The van der Waals surface area contributed by atoms with E-state index < -0.39 is 31.4 Å². The maximum atomic E-state index is 11.5. The molecule has 0 saturated heterocycles. The zero-order valence-electron chi connectivity index (χ0n) is 16.6. The lowest BCUT2D eigenvalue weighted by Gasteiger charge is -2.15. The molecule has 5 heteroatoms. The highest BCUT2D eigenvalue weighted by atomic mass is 16.6. The largest absolute Gasteiger partial charge is 0.456 e. The van der Waals surface area contributed by atoms with Crippen molar-refractivity contribution in [2.24, 2.45) is 0 Å². The molecule has 0 aromatic heterocycles. The van der Waals surface area contributed by atoms with Crippen LogP contribution in [0.15, 0.2) is 12.2 Å². The van der Waals surface area contributed by atoms with Gasteiger partial charge in [0.05, 0.1) is 13.2 Å². The van der Waals surface area contributed by atoms with E-state index >= 15 is 0 Å². The fraction of sp³-hybridized carbons (Fsp3) is 0.857. The summed E-state index contributed by atoms with van der Waals surface area (Å²) < 4.78 is 4.78. The lowest BCUT2D eigenvalue weighted by atomic mass is 10.1. The van der Waals surface area contributed by atoms with Crippen molar-refractivity contribution < 1.29 is 24.9 Å². The van der Waals surface area contributed by atoms with Gasteiger partial charge in [0.25, 0.3) is 0 Å². The lowest BCUT2D eigenvalue weighted by molar-refractivity contribution is -0.163. The first kappa shape index (κ1) is 25.1. The van der Waals surface area contributed by atoms with Gasteiger partial charge in [-0.15, -0.1) is 0 Å². The Balaban J connectivity index is 3.44. The number of aliphatic hydroxyl groups excluding tert-OH is 3. The van der Waals surface area contributed by atoms with Crippen molar-refractivity contribution in [2.75, 3.05) is 13.2 Å². The van der Waals surface area contributed by atoms with E-state index in [0.29, 0.717) is 6.42 Å². The van der Waals surface area contributed by atoms with Crippen LogP contribution in [0.3, 0.4) is 0 Å². The minimum absolute atomic E-state index is 0.357. The van der Waals surface area contributed by atoms with Gasteiger partial charge in [0.1, 0.15) is 6.10 Å². The molecule has 0 spiro atoms. The first-order chi connectivity index (χ1) is 12.7. The van der Waals surface area contributed by atoms with Crippen LogP contribution in [-0.2, 0) is 9.53 Å². The van der Waals surface area contributed by atoms with Crippen molar-refractivity contribution in [2.45, 2.75) is 103 Å². The summed E-state index contributed by atoms with van der Waals surface area (Å²) in [5.74, 6) is -0.768. The molecule has 0 aliphatic heterocycles. The minimum atomic E-state index is -1.17. The molecule has 154 valence electrons. The Morgan fingerprint density at radius 3 is 1.88 bits per heavy atom. The lowest BCUT2D eigenvalue weighted by Crippen LogP contribution is -2.32. The summed E-state index contributed by atoms with van der Waals surface area (Å²) >= 11 is 0. The van der Waals surface area contributed by atoms with Crippen LogP contribution >= 0.6 is 0 Å². The molecule has 0 fully saturated rings. The molecule has 5 nitrogen and oxygen atoms in total. The molecule has 3 N–H and O–H groups in total. The molecule has 0 saturated carbocycles. The Morgan fingerprint density at radius 2 is 1.35 bits per heavy atom. The molecule has 26 heavy (non-hydrogen) atoms. The summed E-state index contributed by atoms with van der Waals surface area (Å²) in [5.41, 5.74) is 0. The number of esters is 1. The van der Waals surface area contributed by atoms with Crippen LogP contribution < -0.4 is 0 Å². The van der Waals surface area contributed by atoms with Gasteiger partial charge in [-0.1, -0.05) is 70.4 Å². The van der Waals surface area contributed by atoms with Crippen molar-refractivity contribution in [1.29, 1.82) is 0 Å². The highest BCUT2D eigenvalue weighted by Gasteiger charge is 2.20. The van der Waals surface area contributed by atoms with Crippen LogP contribution in [0.25, 0.3) is 0 Å². The van der Waals surface area contributed by atoms with E-state index in [1.165, 1.54) is 44.9 Å². The van der Waals surface area contributed by atoms with Gasteiger partial charge in [-0.25, -0.2) is 4.79 Å². The average Bonchev–Trinajstić information content (AvgIpc) is 2.65. The van der Waals surface area contributed by atoms with Crippen molar-refractivity contribution in [1.82, 2.24) is 0 Å². The van der Waals surface area contributed by atoms with Crippen LogP contribution in [0, 0.1) is 0 Å². The zero-order chi connectivity index (χ0) is 19.5. The molecule has 0 bridgehead atoms. The van der Waals surface area contributed by atoms with E-state index in [9.17, 15) is 9.90 Å². The van der Waals surface area contributed by atoms with Crippen LogP contribution in [0.4, 0.5) is 0 Å². The normalized spacial score (nSPS) is 12.8. The number of rotatable bonds is 18. The summed E-state index contributed by atoms with van der Waals surface area (Å²) in [7, 11) is 0. The standard InChI is InChI=1S/C21H40O5/c1-2-3-4-5-6-7-8-9-10-11-12-13-14-15-16-20(24)21(25)26-19(17-22)18-23/h9-10,19-20,22-24H,2-8,11-18H2,1H3/b10-9-. The highest BCUT2D eigenvalue weighted by molar-refractivity contribution is 5.74. The van der Waals surface area contributed by atoms with Gasteiger partial charge in [-0.3, -0.25) is 0 Å². The number of hydrogen-bond donors (Lipinski definition) is 3. The topological polar surface area (TPSA) is 87.0 Å². The number of carbonyl (C=O) groups excluding carboxylic acids is 1. The Kier molecular flexibility index (Phi) is 18.2. The number of aliphatic hydroxyl groups is 3. The third-order valence-corrected chi connectivity index (χ3v) is 4.45. The predicted octanol–water partition coefficient (Wildman–Crippen LogP) is 3.89. The highest BCUT2D eigenvalue weighted by Crippen LogP contribution is 2.11. The summed E-state index contributed by atoms with van der Waals surface area (Å²) in [4.78, 5) is 11.5. The molecule has 0 aromatic rings. The molecule has 1 unspecified atom stereocenters. The molecule has 0 radical (unpaired) electrons. The van der Waals surface area contributed by atoms with Crippen LogP contribution in [0.1, 0.15) is 90.4 Å². The Hall–Kier alpha value is -0.910. The molecule has 0 aliphatic carbocycles. The Morgan fingerprint density at radius 1 is 0.846 bits per heavy atom. The van der Waals surface area contributed by atoms with Crippen LogP contribution in [0.5, 0.6) is 0 Å². The number of unbranched alkanes of at least 4 members (excludes halogenated alkanes) is 10. The monoisotopic (exact) mass is 372 g/mol. The number of allylic oxidation sites excluding steroid dienone is 2. The van der Waals surface area contributed by atoms with E-state index in [1.807, 2.05) is 0 Å². The van der Waals surface area contributed by atoms with E-state index in [0.717, 1.165) is 32.1 Å². The minimum Gasteiger partial charge on any atom is -0.456 e. The first-order valence-corrected chi connectivity index (χ1v) is 10.4. The Labute approximate surface area is 159 Å². The summed E-state index contributed by atoms with van der Waals surface area (Å²) in [6, 6.07) is 0. The van der Waals surface area contributed by atoms with Crippen LogP contribution in [-0.4, -0.2) is 46.7 Å². The number of carbonyl (C=O) groups is 1. The molecule has 0 aliphatic rings. The van der Waals surface area contributed by atoms with Crippen molar-refractivity contribution >= 4 is 5.97 Å². The summed E-state index contributed by atoms with van der Waals surface area (Å²) in [6.45, 7) is 1.36. The third-order valence-electron chi connectivity index (χ3n) is 4.45. The van der Waals surface area contributed by atoms with E-state index in [4.69, 9.17) is 14.9 Å². The second kappa shape index (κ2) is 18.9. The van der Waals surface area contributed by atoms with Gasteiger partial charge in [-0.2, -0.15) is 0 Å². The number of hydrogen-bond acceptors (Lipinski definition) is 5. The summed E-state index contributed by atoms with van der Waals surface area (Å²) in [6.07, 6.45) is 17.1. The maximum Gasteiger partial charge on any atom is 0.335 e. The molecule has 0 amide bonds. The van der Waals surface area contributed by atoms with E-state index in [1.54, 1.807) is 0 Å². The van der Waals surface area contributed by atoms with Gasteiger partial charge in [0.2, 0.25) is 0 Å². The fourth-order valence-electron chi connectivity index (χ4n) is 2.72. The first-order valence-electron chi connectivity index (χ1n) is 10.4. The molecular formula is C21H40O5. The second-order valence-corrected chi connectivity index (χ2v) is 6.96. The van der Waals surface area contributed by atoms with E-state index in [2.05, 4.69) is 19.1 Å². The van der Waals surface area contributed by atoms with Crippen molar-refractivity contribution in [3.63, 3.8) is 0 Å². The second-order valence-electron chi connectivity index (χ2n) is 6.96. The fourth-order valence-corrected chi connectivity index (χ4v) is 2.72. The summed E-state index contributed by atoms with van der Waals surface area (Å²) in [5, 5.41) is 27.4. The van der Waals surface area contributed by atoms with Gasteiger partial charge < -0.3 is 20.1 Å². The Bertz CT molecular complexity index is 339. The SMILES string of the molecule is CCCCCCCC/C=C\CCCCCCC(O)C(=O)OC(CO)CO. The van der Waals surface area contributed by atoms with Gasteiger partial charge in [0.15, 0.2) is 6.10 Å². The van der Waals surface area contributed by atoms with Gasteiger partial charge in [0, 0.05) is 0 Å². The quantitative estimate of drug-likeness (QED) is 0.193.